The molecule has 1 aromatic carbocycles. The first-order valence-corrected chi connectivity index (χ1v) is 8.47. The molecule has 0 bridgehead atoms. The fourth-order valence-corrected chi connectivity index (χ4v) is 2.86. The zero-order valence-electron chi connectivity index (χ0n) is 15.2. The number of aromatic nitrogens is 2. The van der Waals surface area contributed by atoms with Crippen LogP contribution in [-0.4, -0.2) is 46.4 Å². The minimum absolute atomic E-state index is 0.0455. The van der Waals surface area contributed by atoms with Crippen molar-refractivity contribution in [1.29, 1.82) is 5.41 Å². The van der Waals surface area contributed by atoms with Gasteiger partial charge >= 0.3 is 5.97 Å². The van der Waals surface area contributed by atoms with E-state index in [1.54, 1.807) is 29.2 Å². The highest BCUT2D eigenvalue weighted by atomic mass is 16.5. The summed E-state index contributed by atoms with van der Waals surface area (Å²) in [7, 11) is 1.49. The number of nitrogens with two attached hydrogens (primary N) is 1. The number of methoxy groups -OCH3 is 1. The Morgan fingerprint density at radius 2 is 1.93 bits per heavy atom. The van der Waals surface area contributed by atoms with Gasteiger partial charge in [-0.25, -0.2) is 9.97 Å². The first kappa shape index (κ1) is 19.0. The summed E-state index contributed by atoms with van der Waals surface area (Å²) in [6.45, 7) is 0.255. The summed E-state index contributed by atoms with van der Waals surface area (Å²) in [5.41, 5.74) is 7.55. The number of ether oxygens (including phenoxy) is 1. The smallest absolute Gasteiger partial charge is 0.303 e. The lowest BCUT2D eigenvalue weighted by molar-refractivity contribution is -0.137. The maximum absolute atomic E-state index is 13.0. The number of hydrogen-bond donors (Lipinski definition) is 3. The summed E-state index contributed by atoms with van der Waals surface area (Å²) in [4.78, 5) is 33.5. The summed E-state index contributed by atoms with van der Waals surface area (Å²) < 4.78 is 5.40. The Bertz CT molecular complexity index is 951. The van der Waals surface area contributed by atoms with Crippen molar-refractivity contribution in [3.8, 4) is 0 Å². The van der Waals surface area contributed by atoms with Gasteiger partial charge in [0.2, 0.25) is 0 Å². The lowest BCUT2D eigenvalue weighted by Gasteiger charge is -2.17. The molecule has 1 amide bonds. The number of hydrogen-bond acceptors (Lipinski definition) is 6. The van der Waals surface area contributed by atoms with Gasteiger partial charge in [0.15, 0.2) is 0 Å². The van der Waals surface area contributed by atoms with Crippen LogP contribution in [0.15, 0.2) is 42.4 Å². The molecular formula is C19H19N5O4. The second-order valence-electron chi connectivity index (χ2n) is 6.14. The lowest BCUT2D eigenvalue weighted by Crippen LogP contribution is -2.26. The molecule has 9 heteroatoms. The standard InChI is InChI=1S/C19H19N5O4/c1-28-14-10-24(13-4-2-11(3-5-13)18(20)21)19(27)17(14)12-8-22-15(23-9-12)6-7-16(25)26/h2-5,8-9H,6-7,10H2,1H3,(H3,20,21)(H,25,26). The third-order valence-corrected chi connectivity index (χ3v) is 4.33. The number of carbonyl (C=O) groups excluding carboxylic acids is 1. The third kappa shape index (κ3) is 3.83. The van der Waals surface area contributed by atoms with Crippen LogP contribution in [0.5, 0.6) is 0 Å². The van der Waals surface area contributed by atoms with Gasteiger partial charge in [-0.1, -0.05) is 0 Å². The molecule has 0 unspecified atom stereocenters. The van der Waals surface area contributed by atoms with E-state index in [0.29, 0.717) is 34.0 Å². The largest absolute Gasteiger partial charge is 0.498 e. The number of nitrogen functional groups attached to an aromatic ring is 1. The predicted molar refractivity (Wildman–Crippen MR) is 102 cm³/mol. The van der Waals surface area contributed by atoms with E-state index in [1.807, 2.05) is 0 Å². The van der Waals surface area contributed by atoms with Crippen molar-refractivity contribution in [2.24, 2.45) is 5.73 Å². The van der Waals surface area contributed by atoms with Crippen LogP contribution in [0.4, 0.5) is 5.69 Å². The zero-order chi connectivity index (χ0) is 20.3. The van der Waals surface area contributed by atoms with Crippen molar-refractivity contribution in [3.63, 3.8) is 0 Å². The van der Waals surface area contributed by atoms with E-state index in [2.05, 4.69) is 9.97 Å². The molecule has 0 atom stereocenters. The lowest BCUT2D eigenvalue weighted by atomic mass is 10.1. The number of benzene rings is 1. The van der Waals surface area contributed by atoms with Gasteiger partial charge in [-0.2, -0.15) is 0 Å². The number of carboxylic acid groups (broad SMARTS) is 1. The van der Waals surface area contributed by atoms with Gasteiger partial charge in [0.1, 0.15) is 17.4 Å². The molecule has 1 aromatic heterocycles. The first-order chi connectivity index (χ1) is 13.4. The number of aryl methyl sites for hydroxylation is 1. The zero-order valence-corrected chi connectivity index (χ0v) is 15.2. The Morgan fingerprint density at radius 1 is 1.29 bits per heavy atom. The van der Waals surface area contributed by atoms with E-state index in [1.165, 1.54) is 19.5 Å². The second-order valence-corrected chi connectivity index (χ2v) is 6.14. The van der Waals surface area contributed by atoms with Gasteiger partial charge in [-0.3, -0.25) is 15.0 Å². The van der Waals surface area contributed by atoms with Crippen LogP contribution >= 0.6 is 0 Å². The Labute approximate surface area is 161 Å². The molecule has 0 saturated heterocycles. The van der Waals surface area contributed by atoms with Crippen molar-refractivity contribution in [1.82, 2.24) is 9.97 Å². The van der Waals surface area contributed by atoms with Crippen LogP contribution in [-0.2, 0) is 20.7 Å². The first-order valence-electron chi connectivity index (χ1n) is 8.47. The topological polar surface area (TPSA) is 142 Å². The van der Waals surface area contributed by atoms with Crippen LogP contribution in [0.2, 0.25) is 0 Å². The minimum atomic E-state index is -0.922. The Morgan fingerprint density at radius 3 is 2.46 bits per heavy atom. The summed E-state index contributed by atoms with van der Waals surface area (Å²) in [6.07, 6.45) is 3.15. The van der Waals surface area contributed by atoms with E-state index >= 15 is 0 Å². The maximum Gasteiger partial charge on any atom is 0.303 e. The van der Waals surface area contributed by atoms with Crippen LogP contribution in [0.3, 0.4) is 0 Å². The molecule has 0 aliphatic carbocycles. The minimum Gasteiger partial charge on any atom is -0.498 e. The van der Waals surface area contributed by atoms with Crippen molar-refractivity contribution in [2.45, 2.75) is 12.8 Å². The van der Waals surface area contributed by atoms with Crippen LogP contribution < -0.4 is 10.6 Å². The van der Waals surface area contributed by atoms with Gasteiger partial charge < -0.3 is 20.5 Å². The predicted octanol–water partition coefficient (Wildman–Crippen LogP) is 1.18. The van der Waals surface area contributed by atoms with Crippen LogP contribution in [0, 0.1) is 5.41 Å². The highest BCUT2D eigenvalue weighted by molar-refractivity contribution is 6.29. The highest BCUT2D eigenvalue weighted by Gasteiger charge is 2.33. The number of anilines is 1. The van der Waals surface area contributed by atoms with E-state index in [4.69, 9.17) is 21.0 Å². The molecule has 1 aliphatic heterocycles. The average molecular weight is 381 g/mol. The summed E-state index contributed by atoms with van der Waals surface area (Å²) >= 11 is 0. The molecule has 1 aliphatic rings. The number of rotatable bonds is 7. The second kappa shape index (κ2) is 7.87. The molecular weight excluding hydrogens is 362 g/mol. The summed E-state index contributed by atoms with van der Waals surface area (Å²) in [5, 5.41) is 16.2. The molecule has 0 fully saturated rings. The maximum atomic E-state index is 13.0. The number of nitrogens with zero attached hydrogens (tertiary/aromatic N) is 3. The molecule has 144 valence electrons. The molecule has 3 rings (SSSR count). The molecule has 28 heavy (non-hydrogen) atoms. The number of carboxylic acids is 1. The number of aliphatic carboxylic acids is 1. The van der Waals surface area contributed by atoms with Gasteiger partial charge in [-0.05, 0) is 24.3 Å². The fourth-order valence-electron chi connectivity index (χ4n) is 2.86. The van der Waals surface area contributed by atoms with E-state index in [0.717, 1.165) is 0 Å². The van der Waals surface area contributed by atoms with Gasteiger partial charge in [0.05, 0.1) is 25.6 Å². The number of carbonyl (C=O) groups is 2. The third-order valence-electron chi connectivity index (χ3n) is 4.33. The fraction of sp³-hybridized carbons (Fsp3) is 0.211. The molecule has 2 heterocycles. The molecule has 9 nitrogen and oxygen atoms in total. The van der Waals surface area contributed by atoms with Gasteiger partial charge in [0.25, 0.3) is 5.91 Å². The SMILES string of the molecule is COC1=C(c2cnc(CCC(=O)O)nc2)C(=O)N(c2ccc(C(=N)N)cc2)C1. The van der Waals surface area contributed by atoms with Crippen molar-refractivity contribution < 1.29 is 19.4 Å². The Kier molecular flexibility index (Phi) is 5.35. The van der Waals surface area contributed by atoms with Crippen molar-refractivity contribution >= 4 is 29.0 Å². The van der Waals surface area contributed by atoms with Gasteiger partial charge in [-0.15, -0.1) is 0 Å². The van der Waals surface area contributed by atoms with Crippen LogP contribution in [0.1, 0.15) is 23.4 Å². The summed E-state index contributed by atoms with van der Waals surface area (Å²) in [5.74, 6) is -0.338. The molecule has 0 radical (unpaired) electrons. The van der Waals surface area contributed by atoms with E-state index in [-0.39, 0.29) is 31.1 Å². The summed E-state index contributed by atoms with van der Waals surface area (Å²) in [6, 6.07) is 6.79. The highest BCUT2D eigenvalue weighted by Crippen LogP contribution is 2.31. The van der Waals surface area contributed by atoms with Crippen molar-refractivity contribution in [2.75, 3.05) is 18.6 Å². The van der Waals surface area contributed by atoms with Crippen molar-refractivity contribution in [3.05, 3.63) is 59.4 Å². The van der Waals surface area contributed by atoms with E-state index < -0.39 is 5.97 Å². The monoisotopic (exact) mass is 381 g/mol. The number of amidine groups is 1. The molecule has 0 spiro atoms. The van der Waals surface area contributed by atoms with Gasteiger partial charge in [0, 0.05) is 35.6 Å². The quantitative estimate of drug-likeness (QED) is 0.483. The molecule has 2 aromatic rings. The van der Waals surface area contributed by atoms with Crippen LogP contribution in [0.25, 0.3) is 5.57 Å². The Hall–Kier alpha value is -3.75. The normalized spacial score (nSPS) is 13.8. The molecule has 0 saturated carbocycles. The van der Waals surface area contributed by atoms with E-state index in [9.17, 15) is 9.59 Å². The molecule has 4 N–H and O–H groups in total. The Balaban J connectivity index is 1.83. The average Bonchev–Trinajstić information content (AvgIpc) is 3.03. The number of amides is 1. The number of nitrogens with one attached hydrogen (secondary N) is 1.